The molecule has 0 saturated heterocycles. The standard InChI is InChI=1S/C18H19N3O4/c1-2-25-16(22)12-19-18(24)21-15-11-7-6-10-14(15)17(23)20-13-8-4-3-5-9-13/h3-11H,2,12H2,1H3,(H,20,23)(H2,19,21,24). The van der Waals surface area contributed by atoms with Gasteiger partial charge >= 0.3 is 12.0 Å². The summed E-state index contributed by atoms with van der Waals surface area (Å²) in [6.07, 6.45) is 0. The van der Waals surface area contributed by atoms with Crippen molar-refractivity contribution in [2.45, 2.75) is 6.92 Å². The number of ether oxygens (including phenoxy) is 1. The smallest absolute Gasteiger partial charge is 0.325 e. The van der Waals surface area contributed by atoms with Gasteiger partial charge in [-0.15, -0.1) is 0 Å². The first kappa shape index (κ1) is 18.0. The van der Waals surface area contributed by atoms with E-state index in [1.165, 1.54) is 0 Å². The molecule has 7 nitrogen and oxygen atoms in total. The van der Waals surface area contributed by atoms with Crippen LogP contribution in [-0.2, 0) is 9.53 Å². The monoisotopic (exact) mass is 341 g/mol. The Balaban J connectivity index is 2.01. The van der Waals surface area contributed by atoms with Gasteiger partial charge in [0.2, 0.25) is 0 Å². The molecule has 2 aromatic rings. The van der Waals surface area contributed by atoms with Crippen LogP contribution < -0.4 is 16.0 Å². The summed E-state index contributed by atoms with van der Waals surface area (Å²) in [6.45, 7) is 1.67. The predicted octanol–water partition coefficient (Wildman–Crippen LogP) is 2.62. The molecule has 2 rings (SSSR count). The number of amides is 3. The van der Waals surface area contributed by atoms with Crippen molar-refractivity contribution in [3.05, 3.63) is 60.2 Å². The Hall–Kier alpha value is -3.35. The summed E-state index contributed by atoms with van der Waals surface area (Å²) in [5.41, 5.74) is 1.28. The number of urea groups is 1. The zero-order valence-electron chi connectivity index (χ0n) is 13.7. The molecular formula is C18H19N3O4. The SMILES string of the molecule is CCOC(=O)CNC(=O)Nc1ccccc1C(=O)Nc1ccccc1. The molecule has 0 aromatic heterocycles. The van der Waals surface area contributed by atoms with Crippen molar-refractivity contribution in [1.29, 1.82) is 0 Å². The quantitative estimate of drug-likeness (QED) is 0.704. The molecule has 0 aliphatic carbocycles. The Labute approximate surface area is 145 Å². The van der Waals surface area contributed by atoms with E-state index in [2.05, 4.69) is 16.0 Å². The third-order valence-corrected chi connectivity index (χ3v) is 3.15. The van der Waals surface area contributed by atoms with Crippen molar-refractivity contribution < 1.29 is 19.1 Å². The molecule has 0 aliphatic heterocycles. The van der Waals surface area contributed by atoms with Gasteiger partial charge in [-0.05, 0) is 31.2 Å². The highest BCUT2D eigenvalue weighted by Crippen LogP contribution is 2.17. The Morgan fingerprint density at radius 3 is 2.32 bits per heavy atom. The van der Waals surface area contributed by atoms with Gasteiger partial charge in [-0.1, -0.05) is 30.3 Å². The first-order valence-electron chi connectivity index (χ1n) is 7.76. The maximum atomic E-state index is 12.4. The van der Waals surface area contributed by atoms with Crippen molar-refractivity contribution in [2.75, 3.05) is 23.8 Å². The topological polar surface area (TPSA) is 96.5 Å². The summed E-state index contributed by atoms with van der Waals surface area (Å²) in [5.74, 6) is -0.889. The van der Waals surface area contributed by atoms with Gasteiger partial charge < -0.3 is 20.7 Å². The number of rotatable bonds is 6. The highest BCUT2D eigenvalue weighted by Gasteiger charge is 2.13. The summed E-state index contributed by atoms with van der Waals surface area (Å²) >= 11 is 0. The minimum atomic E-state index is -0.604. The van der Waals surface area contributed by atoms with Gasteiger partial charge in [0, 0.05) is 5.69 Å². The number of esters is 1. The zero-order valence-corrected chi connectivity index (χ0v) is 13.7. The van der Waals surface area contributed by atoms with Crippen LogP contribution in [0, 0.1) is 0 Å². The molecule has 0 aliphatic rings. The lowest BCUT2D eigenvalue weighted by atomic mass is 10.1. The number of carbonyl (C=O) groups excluding carboxylic acids is 3. The predicted molar refractivity (Wildman–Crippen MR) is 94.5 cm³/mol. The van der Waals surface area contributed by atoms with E-state index in [1.807, 2.05) is 18.2 Å². The van der Waals surface area contributed by atoms with E-state index < -0.39 is 12.0 Å². The molecule has 0 bridgehead atoms. The molecule has 3 N–H and O–H groups in total. The van der Waals surface area contributed by atoms with Crippen molar-refractivity contribution in [1.82, 2.24) is 5.32 Å². The fraction of sp³-hybridized carbons (Fsp3) is 0.167. The van der Waals surface area contributed by atoms with Crippen molar-refractivity contribution in [3.63, 3.8) is 0 Å². The number of hydrogen-bond acceptors (Lipinski definition) is 4. The number of nitrogens with one attached hydrogen (secondary N) is 3. The van der Waals surface area contributed by atoms with Gasteiger partial charge in [-0.3, -0.25) is 9.59 Å². The third-order valence-electron chi connectivity index (χ3n) is 3.15. The molecule has 2 aromatic carbocycles. The molecule has 0 atom stereocenters. The van der Waals surface area contributed by atoms with Gasteiger partial charge in [-0.2, -0.15) is 0 Å². The lowest BCUT2D eigenvalue weighted by molar-refractivity contribution is -0.141. The molecular weight excluding hydrogens is 322 g/mol. The number of para-hydroxylation sites is 2. The van der Waals surface area contributed by atoms with Gasteiger partial charge in [0.25, 0.3) is 5.91 Å². The van der Waals surface area contributed by atoms with Crippen LogP contribution in [0.5, 0.6) is 0 Å². The Morgan fingerprint density at radius 2 is 1.60 bits per heavy atom. The first-order chi connectivity index (χ1) is 12.1. The van der Waals surface area contributed by atoms with E-state index >= 15 is 0 Å². The van der Waals surface area contributed by atoms with Gasteiger partial charge in [0.1, 0.15) is 6.54 Å². The van der Waals surface area contributed by atoms with E-state index in [1.54, 1.807) is 43.3 Å². The van der Waals surface area contributed by atoms with Gasteiger partial charge in [0.15, 0.2) is 0 Å². The van der Waals surface area contributed by atoms with Crippen molar-refractivity contribution in [2.24, 2.45) is 0 Å². The molecule has 130 valence electrons. The molecule has 0 radical (unpaired) electrons. The summed E-state index contributed by atoms with van der Waals surface area (Å²) in [4.78, 5) is 35.6. The largest absolute Gasteiger partial charge is 0.465 e. The van der Waals surface area contributed by atoms with Crippen LogP contribution in [0.1, 0.15) is 17.3 Å². The van der Waals surface area contributed by atoms with Crippen LogP contribution in [-0.4, -0.2) is 31.1 Å². The molecule has 0 unspecified atom stereocenters. The summed E-state index contributed by atoms with van der Waals surface area (Å²) < 4.78 is 4.73. The molecule has 0 fully saturated rings. The summed E-state index contributed by atoms with van der Waals surface area (Å²) in [6, 6.07) is 15.0. The van der Waals surface area contributed by atoms with Crippen LogP contribution in [0.2, 0.25) is 0 Å². The van der Waals surface area contributed by atoms with E-state index in [9.17, 15) is 14.4 Å². The van der Waals surface area contributed by atoms with Crippen LogP contribution in [0.25, 0.3) is 0 Å². The number of hydrogen-bond donors (Lipinski definition) is 3. The van der Waals surface area contributed by atoms with Crippen LogP contribution >= 0.6 is 0 Å². The Kier molecular flexibility index (Phi) is 6.53. The van der Waals surface area contributed by atoms with E-state index in [0.29, 0.717) is 16.9 Å². The fourth-order valence-corrected chi connectivity index (χ4v) is 2.04. The Morgan fingerprint density at radius 1 is 0.920 bits per heavy atom. The zero-order chi connectivity index (χ0) is 18.1. The van der Waals surface area contributed by atoms with Crippen LogP contribution in [0.4, 0.5) is 16.2 Å². The maximum absolute atomic E-state index is 12.4. The number of anilines is 2. The second-order valence-electron chi connectivity index (χ2n) is 4.98. The minimum absolute atomic E-state index is 0.241. The van der Waals surface area contributed by atoms with Gasteiger partial charge in [0.05, 0.1) is 17.9 Å². The maximum Gasteiger partial charge on any atom is 0.325 e. The summed E-state index contributed by atoms with van der Waals surface area (Å²) in [5, 5.41) is 7.69. The normalized spacial score (nSPS) is 9.80. The molecule has 25 heavy (non-hydrogen) atoms. The number of benzene rings is 2. The fourth-order valence-electron chi connectivity index (χ4n) is 2.04. The van der Waals surface area contributed by atoms with Gasteiger partial charge in [-0.25, -0.2) is 4.79 Å². The average Bonchev–Trinajstić information content (AvgIpc) is 2.61. The lowest BCUT2D eigenvalue weighted by Gasteiger charge is -2.12. The second kappa shape index (κ2) is 9.07. The molecule has 0 spiro atoms. The highest BCUT2D eigenvalue weighted by molar-refractivity contribution is 6.10. The molecule has 7 heteroatoms. The lowest BCUT2D eigenvalue weighted by Crippen LogP contribution is -2.34. The van der Waals surface area contributed by atoms with Crippen LogP contribution in [0.3, 0.4) is 0 Å². The Bertz CT molecular complexity index is 747. The first-order valence-corrected chi connectivity index (χ1v) is 7.76. The third kappa shape index (κ3) is 5.65. The average molecular weight is 341 g/mol. The van der Waals surface area contributed by atoms with Crippen LogP contribution in [0.15, 0.2) is 54.6 Å². The minimum Gasteiger partial charge on any atom is -0.465 e. The van der Waals surface area contributed by atoms with E-state index in [-0.39, 0.29) is 19.1 Å². The molecule has 0 saturated carbocycles. The molecule has 0 heterocycles. The van der Waals surface area contributed by atoms with E-state index in [4.69, 9.17) is 4.74 Å². The molecule has 3 amide bonds. The summed E-state index contributed by atoms with van der Waals surface area (Å²) in [7, 11) is 0. The second-order valence-corrected chi connectivity index (χ2v) is 4.98. The number of carbonyl (C=O) groups is 3. The van der Waals surface area contributed by atoms with Crippen molar-refractivity contribution >= 4 is 29.3 Å². The highest BCUT2D eigenvalue weighted by atomic mass is 16.5. The van der Waals surface area contributed by atoms with E-state index in [0.717, 1.165) is 0 Å². The van der Waals surface area contributed by atoms with Crippen molar-refractivity contribution in [3.8, 4) is 0 Å².